The number of carbonyl (C=O) groups is 2. The molecule has 0 bridgehead atoms. The number of ether oxygens (including phenoxy) is 2. The van der Waals surface area contributed by atoms with E-state index in [1.54, 1.807) is 12.1 Å². The van der Waals surface area contributed by atoms with Crippen molar-refractivity contribution in [2.75, 3.05) is 13.7 Å². The molecule has 0 heterocycles. The molecule has 5 heteroatoms. The van der Waals surface area contributed by atoms with Crippen molar-refractivity contribution in [2.24, 2.45) is 0 Å². The molecule has 0 aliphatic heterocycles. The van der Waals surface area contributed by atoms with Crippen molar-refractivity contribution >= 4 is 22.6 Å². The maximum atomic E-state index is 12.3. The summed E-state index contributed by atoms with van der Waals surface area (Å²) in [6.45, 7) is 5.25. The summed E-state index contributed by atoms with van der Waals surface area (Å²) in [5, 5.41) is 4.60. The molecule has 0 saturated carbocycles. The van der Waals surface area contributed by atoms with Crippen molar-refractivity contribution in [1.82, 2.24) is 5.32 Å². The Morgan fingerprint density at radius 3 is 2.26 bits per heavy atom. The number of methoxy groups -OCH3 is 1. The van der Waals surface area contributed by atoms with Crippen molar-refractivity contribution in [3.63, 3.8) is 0 Å². The van der Waals surface area contributed by atoms with Gasteiger partial charge in [-0.3, -0.25) is 4.79 Å². The molecule has 2 aromatic rings. The summed E-state index contributed by atoms with van der Waals surface area (Å²) in [7, 11) is 1.49. The summed E-state index contributed by atoms with van der Waals surface area (Å²) in [6.07, 6.45) is 0. The van der Waals surface area contributed by atoms with Gasteiger partial charge in [0.15, 0.2) is 6.61 Å². The van der Waals surface area contributed by atoms with Gasteiger partial charge in [0.05, 0.1) is 7.11 Å². The Morgan fingerprint density at radius 2 is 1.70 bits per heavy atom. The van der Waals surface area contributed by atoms with Crippen LogP contribution in [0.3, 0.4) is 0 Å². The molecule has 2 aromatic carbocycles. The van der Waals surface area contributed by atoms with Gasteiger partial charge in [-0.2, -0.15) is 0 Å². The van der Waals surface area contributed by atoms with Crippen LogP contribution >= 0.6 is 0 Å². The predicted molar refractivity (Wildman–Crippen MR) is 88.7 cm³/mol. The molecule has 0 aliphatic rings. The van der Waals surface area contributed by atoms with Crippen molar-refractivity contribution in [3.8, 4) is 5.75 Å². The zero-order valence-electron chi connectivity index (χ0n) is 13.8. The van der Waals surface area contributed by atoms with Gasteiger partial charge in [0, 0.05) is 5.54 Å². The van der Waals surface area contributed by atoms with Crippen LogP contribution in [0.5, 0.6) is 5.75 Å². The van der Waals surface area contributed by atoms with E-state index in [-0.39, 0.29) is 18.1 Å². The van der Waals surface area contributed by atoms with Crippen LogP contribution in [0.15, 0.2) is 36.4 Å². The molecule has 1 N–H and O–H groups in total. The van der Waals surface area contributed by atoms with Gasteiger partial charge in [-0.1, -0.05) is 24.3 Å². The van der Waals surface area contributed by atoms with Crippen LogP contribution in [0.1, 0.15) is 31.1 Å². The average molecular weight is 315 g/mol. The van der Waals surface area contributed by atoms with E-state index in [2.05, 4.69) is 5.32 Å². The summed E-state index contributed by atoms with van der Waals surface area (Å²) < 4.78 is 10.4. The number of fused-ring (bicyclic) bond motifs is 1. The lowest BCUT2D eigenvalue weighted by Crippen LogP contribution is -2.42. The molecule has 0 fully saturated rings. The first-order valence-electron chi connectivity index (χ1n) is 7.35. The molecule has 0 atom stereocenters. The molecule has 2 rings (SSSR count). The normalized spacial score (nSPS) is 11.1. The first-order valence-corrected chi connectivity index (χ1v) is 7.35. The molecule has 23 heavy (non-hydrogen) atoms. The minimum atomic E-state index is -0.586. The number of benzene rings is 2. The van der Waals surface area contributed by atoms with E-state index in [0.29, 0.717) is 11.3 Å². The molecule has 0 unspecified atom stereocenters. The molecule has 122 valence electrons. The van der Waals surface area contributed by atoms with Crippen LogP contribution in [-0.4, -0.2) is 31.1 Å². The van der Waals surface area contributed by atoms with Crippen LogP contribution in [0, 0.1) is 0 Å². The predicted octanol–water partition coefficient (Wildman–Crippen LogP) is 2.92. The highest BCUT2D eigenvalue weighted by Gasteiger charge is 2.18. The molecular formula is C18H21NO4. The van der Waals surface area contributed by atoms with Gasteiger partial charge in [0.1, 0.15) is 11.3 Å². The number of esters is 1. The molecule has 0 aliphatic carbocycles. The highest BCUT2D eigenvalue weighted by molar-refractivity contribution is 5.99. The fraction of sp³-hybridized carbons (Fsp3) is 0.333. The second kappa shape index (κ2) is 6.69. The number of hydrogen-bond acceptors (Lipinski definition) is 4. The molecule has 0 radical (unpaired) electrons. The molecule has 0 spiro atoms. The summed E-state index contributed by atoms with van der Waals surface area (Å²) in [4.78, 5) is 24.0. The van der Waals surface area contributed by atoms with Gasteiger partial charge in [-0.25, -0.2) is 4.79 Å². The highest BCUT2D eigenvalue weighted by atomic mass is 16.5. The lowest BCUT2D eigenvalue weighted by atomic mass is 10.1. The van der Waals surface area contributed by atoms with E-state index in [1.165, 1.54) is 7.11 Å². The first kappa shape index (κ1) is 16.8. The van der Waals surface area contributed by atoms with E-state index in [4.69, 9.17) is 9.47 Å². The monoisotopic (exact) mass is 315 g/mol. The third-order valence-corrected chi connectivity index (χ3v) is 3.14. The zero-order valence-corrected chi connectivity index (χ0v) is 13.8. The van der Waals surface area contributed by atoms with Gasteiger partial charge >= 0.3 is 5.97 Å². The Bertz CT molecular complexity index is 731. The quantitative estimate of drug-likeness (QED) is 0.881. The lowest BCUT2D eigenvalue weighted by molar-refractivity contribution is -0.125. The molecule has 0 saturated heterocycles. The van der Waals surface area contributed by atoms with Gasteiger partial charge in [0.25, 0.3) is 5.91 Å². The van der Waals surface area contributed by atoms with Crippen molar-refractivity contribution in [3.05, 3.63) is 42.0 Å². The third-order valence-electron chi connectivity index (χ3n) is 3.14. The third kappa shape index (κ3) is 4.45. The van der Waals surface area contributed by atoms with Crippen LogP contribution in [0.4, 0.5) is 0 Å². The second-order valence-electron chi connectivity index (χ2n) is 6.27. The smallest absolute Gasteiger partial charge is 0.342 e. The summed E-state index contributed by atoms with van der Waals surface area (Å²) in [5.74, 6) is -0.507. The van der Waals surface area contributed by atoms with Gasteiger partial charge < -0.3 is 14.8 Å². The van der Waals surface area contributed by atoms with Crippen LogP contribution in [-0.2, 0) is 9.53 Å². The van der Waals surface area contributed by atoms with Crippen molar-refractivity contribution < 1.29 is 19.1 Å². The van der Waals surface area contributed by atoms with Gasteiger partial charge in [-0.15, -0.1) is 0 Å². The zero-order chi connectivity index (χ0) is 17.0. The minimum absolute atomic E-state index is 0.301. The Balaban J connectivity index is 2.15. The maximum Gasteiger partial charge on any atom is 0.342 e. The Morgan fingerprint density at radius 1 is 1.09 bits per heavy atom. The van der Waals surface area contributed by atoms with Gasteiger partial charge in [-0.05, 0) is 43.7 Å². The Kier molecular flexibility index (Phi) is 4.89. The second-order valence-corrected chi connectivity index (χ2v) is 6.27. The van der Waals surface area contributed by atoms with E-state index >= 15 is 0 Å². The molecule has 5 nitrogen and oxygen atoms in total. The summed E-state index contributed by atoms with van der Waals surface area (Å²) >= 11 is 0. The molecule has 0 aromatic heterocycles. The van der Waals surface area contributed by atoms with E-state index in [9.17, 15) is 9.59 Å². The number of carbonyl (C=O) groups excluding carboxylic acids is 2. The van der Waals surface area contributed by atoms with E-state index < -0.39 is 5.97 Å². The van der Waals surface area contributed by atoms with Crippen LogP contribution < -0.4 is 10.1 Å². The van der Waals surface area contributed by atoms with Crippen molar-refractivity contribution in [1.29, 1.82) is 0 Å². The number of rotatable bonds is 4. The minimum Gasteiger partial charge on any atom is -0.496 e. The number of amides is 1. The standard InChI is InChI=1S/C18H21NO4/c1-18(2,3)19-16(20)11-23-17(21)14-9-12-7-5-6-8-13(12)10-15(14)22-4/h5-10H,11H2,1-4H3,(H,19,20). The lowest BCUT2D eigenvalue weighted by Gasteiger charge is -2.20. The Labute approximate surface area is 135 Å². The fourth-order valence-corrected chi connectivity index (χ4v) is 2.21. The van der Waals surface area contributed by atoms with Crippen LogP contribution in [0.25, 0.3) is 10.8 Å². The fourth-order valence-electron chi connectivity index (χ4n) is 2.21. The Hall–Kier alpha value is -2.56. The van der Waals surface area contributed by atoms with E-state index in [0.717, 1.165) is 10.8 Å². The molecular weight excluding hydrogens is 294 g/mol. The maximum absolute atomic E-state index is 12.3. The highest BCUT2D eigenvalue weighted by Crippen LogP contribution is 2.26. The van der Waals surface area contributed by atoms with Crippen molar-refractivity contribution in [2.45, 2.75) is 26.3 Å². The van der Waals surface area contributed by atoms with E-state index in [1.807, 2.05) is 45.0 Å². The topological polar surface area (TPSA) is 64.6 Å². The summed E-state index contributed by atoms with van der Waals surface area (Å²) in [5.41, 5.74) is -0.0702. The van der Waals surface area contributed by atoms with Crippen LogP contribution in [0.2, 0.25) is 0 Å². The molecule has 1 amide bonds. The average Bonchev–Trinajstić information content (AvgIpc) is 2.49. The first-order chi connectivity index (χ1) is 10.8. The SMILES string of the molecule is COc1cc2ccccc2cc1C(=O)OCC(=O)NC(C)(C)C. The number of nitrogens with one attached hydrogen (secondary N) is 1. The largest absolute Gasteiger partial charge is 0.496 e. The summed E-state index contributed by atoms with van der Waals surface area (Å²) in [6, 6.07) is 11.1. The van der Waals surface area contributed by atoms with Gasteiger partial charge in [0.2, 0.25) is 0 Å². The number of hydrogen-bond donors (Lipinski definition) is 1.